The summed E-state index contributed by atoms with van der Waals surface area (Å²) < 4.78 is 7.41. The molecule has 0 aliphatic heterocycles. The number of fused-ring (bicyclic) bond motifs is 2. The van der Waals surface area contributed by atoms with Gasteiger partial charge in [0.05, 0.1) is 23.2 Å². The van der Waals surface area contributed by atoms with E-state index in [1.54, 1.807) is 0 Å². The van der Waals surface area contributed by atoms with Crippen LogP contribution in [0.4, 0.5) is 0 Å². The van der Waals surface area contributed by atoms with Crippen LogP contribution < -0.4 is 0 Å². The third-order valence-electron chi connectivity index (χ3n) is 6.28. The van der Waals surface area contributed by atoms with Gasteiger partial charge in [-0.05, 0) is 54.8 Å². The fourth-order valence-electron chi connectivity index (χ4n) is 4.65. The molecule has 38 heavy (non-hydrogen) atoms. The first-order chi connectivity index (χ1) is 18.7. The van der Waals surface area contributed by atoms with Crippen LogP contribution in [-0.4, -0.2) is 26.9 Å². The maximum absolute atomic E-state index is 13.4. The highest BCUT2D eigenvalue weighted by Crippen LogP contribution is 2.41. The molecule has 0 fully saturated rings. The lowest BCUT2D eigenvalue weighted by molar-refractivity contribution is 0.0519. The number of carbonyl (C=O) groups excluding carboxylic acids is 1. The standard InChI is InChI=1S/C33H23N3O2/c1-2-38-33(37)32-29(24-15-7-4-8-16-24)30(28-19-11-12-22-36(28)32)31-27(21-20-23-13-5-3-6-14-23)34-25-17-9-10-18-26(25)35-31/h3-19,22H,2H2,1H3. The topological polar surface area (TPSA) is 56.5 Å². The first kappa shape index (κ1) is 23.2. The van der Waals surface area contributed by atoms with Crippen LogP contribution in [0.15, 0.2) is 109 Å². The second-order valence-electron chi connectivity index (χ2n) is 8.67. The number of hydrogen-bond donors (Lipinski definition) is 0. The molecule has 0 N–H and O–H groups in total. The number of carbonyl (C=O) groups is 1. The second-order valence-corrected chi connectivity index (χ2v) is 8.67. The Kier molecular flexibility index (Phi) is 6.13. The number of nitrogens with zero attached hydrogens (tertiary/aromatic N) is 3. The number of hydrogen-bond acceptors (Lipinski definition) is 4. The highest BCUT2D eigenvalue weighted by atomic mass is 16.5. The van der Waals surface area contributed by atoms with Crippen molar-refractivity contribution in [1.29, 1.82) is 0 Å². The Bertz CT molecular complexity index is 1850. The van der Waals surface area contributed by atoms with Gasteiger partial charge in [-0.1, -0.05) is 72.7 Å². The quantitative estimate of drug-likeness (QED) is 0.200. The van der Waals surface area contributed by atoms with E-state index in [0.29, 0.717) is 17.1 Å². The van der Waals surface area contributed by atoms with Gasteiger partial charge < -0.3 is 9.14 Å². The van der Waals surface area contributed by atoms with Gasteiger partial charge in [0.1, 0.15) is 17.1 Å². The molecule has 0 radical (unpaired) electrons. The molecular formula is C33H23N3O2. The van der Waals surface area contributed by atoms with Gasteiger partial charge in [-0.15, -0.1) is 0 Å². The Balaban J connectivity index is 1.73. The van der Waals surface area contributed by atoms with Crippen molar-refractivity contribution < 1.29 is 9.53 Å². The molecule has 0 bridgehead atoms. The SMILES string of the molecule is CCOC(=O)c1c(-c2ccccc2)c(-c2nc3ccccc3nc2C#Cc2ccccc2)c2ccccn12. The first-order valence-electron chi connectivity index (χ1n) is 12.4. The maximum atomic E-state index is 13.4. The van der Waals surface area contributed by atoms with Crippen LogP contribution in [0.2, 0.25) is 0 Å². The molecule has 0 spiro atoms. The molecule has 5 nitrogen and oxygen atoms in total. The smallest absolute Gasteiger partial charge is 0.355 e. The van der Waals surface area contributed by atoms with Crippen LogP contribution in [0.25, 0.3) is 38.9 Å². The number of esters is 1. The van der Waals surface area contributed by atoms with Crippen molar-refractivity contribution in [2.24, 2.45) is 0 Å². The van der Waals surface area contributed by atoms with Crippen LogP contribution in [0.3, 0.4) is 0 Å². The lowest BCUT2D eigenvalue weighted by Gasteiger charge is -2.10. The first-order valence-corrected chi connectivity index (χ1v) is 12.4. The van der Waals surface area contributed by atoms with Crippen molar-refractivity contribution in [1.82, 2.24) is 14.4 Å². The van der Waals surface area contributed by atoms with Crippen LogP contribution in [0.1, 0.15) is 28.7 Å². The summed E-state index contributed by atoms with van der Waals surface area (Å²) in [4.78, 5) is 23.4. The van der Waals surface area contributed by atoms with Crippen molar-refractivity contribution >= 4 is 22.5 Å². The maximum Gasteiger partial charge on any atom is 0.355 e. The summed E-state index contributed by atoms with van der Waals surface area (Å²) >= 11 is 0. The zero-order chi connectivity index (χ0) is 25.9. The van der Waals surface area contributed by atoms with E-state index < -0.39 is 5.97 Å². The Hall–Kier alpha value is -5.21. The summed E-state index contributed by atoms with van der Waals surface area (Å²) in [5.41, 5.74) is 7.21. The highest BCUT2D eigenvalue weighted by molar-refractivity contribution is 6.07. The van der Waals surface area contributed by atoms with Crippen molar-refractivity contribution in [3.8, 4) is 34.2 Å². The van der Waals surface area contributed by atoms with E-state index in [1.807, 2.05) is 121 Å². The molecule has 3 aromatic carbocycles. The van der Waals surface area contributed by atoms with Crippen LogP contribution in [0, 0.1) is 11.8 Å². The van der Waals surface area contributed by atoms with Gasteiger partial charge in [-0.3, -0.25) is 0 Å². The molecule has 0 atom stereocenters. The number of para-hydroxylation sites is 2. The minimum absolute atomic E-state index is 0.270. The van der Waals surface area contributed by atoms with E-state index in [-0.39, 0.29) is 6.61 Å². The van der Waals surface area contributed by atoms with Gasteiger partial charge in [-0.25, -0.2) is 14.8 Å². The summed E-state index contributed by atoms with van der Waals surface area (Å²) in [7, 11) is 0. The Morgan fingerprint density at radius 3 is 2.16 bits per heavy atom. The molecular weight excluding hydrogens is 470 g/mol. The van der Waals surface area contributed by atoms with E-state index >= 15 is 0 Å². The molecule has 0 aliphatic carbocycles. The van der Waals surface area contributed by atoms with Crippen LogP contribution >= 0.6 is 0 Å². The molecule has 0 amide bonds. The van der Waals surface area contributed by atoms with Gasteiger partial charge >= 0.3 is 5.97 Å². The van der Waals surface area contributed by atoms with Gasteiger partial charge in [0, 0.05) is 22.9 Å². The molecule has 0 aliphatic rings. The number of benzene rings is 3. The summed E-state index contributed by atoms with van der Waals surface area (Å²) in [6.45, 7) is 2.08. The summed E-state index contributed by atoms with van der Waals surface area (Å²) in [6, 6.07) is 33.2. The molecule has 3 aromatic heterocycles. The number of ether oxygens (including phenoxy) is 1. The van der Waals surface area contributed by atoms with E-state index in [4.69, 9.17) is 14.7 Å². The minimum atomic E-state index is -0.399. The Morgan fingerprint density at radius 1 is 0.763 bits per heavy atom. The number of aromatic nitrogens is 3. The zero-order valence-electron chi connectivity index (χ0n) is 20.8. The number of rotatable bonds is 4. The van der Waals surface area contributed by atoms with Gasteiger partial charge in [0.2, 0.25) is 0 Å². The molecule has 182 valence electrons. The third kappa shape index (κ3) is 4.19. The predicted molar refractivity (Wildman–Crippen MR) is 150 cm³/mol. The summed E-state index contributed by atoms with van der Waals surface area (Å²) in [5, 5.41) is 0. The summed E-state index contributed by atoms with van der Waals surface area (Å²) in [5.74, 6) is 6.12. The van der Waals surface area contributed by atoms with E-state index in [2.05, 4.69) is 11.8 Å². The van der Waals surface area contributed by atoms with Gasteiger partial charge in [0.25, 0.3) is 0 Å². The number of pyridine rings is 1. The van der Waals surface area contributed by atoms with E-state index in [9.17, 15) is 4.79 Å². The molecule has 0 saturated heterocycles. The van der Waals surface area contributed by atoms with E-state index in [0.717, 1.165) is 38.8 Å². The van der Waals surface area contributed by atoms with Crippen molar-refractivity contribution in [2.75, 3.05) is 6.61 Å². The predicted octanol–water partition coefficient (Wildman–Crippen LogP) is 6.79. The third-order valence-corrected chi connectivity index (χ3v) is 6.28. The van der Waals surface area contributed by atoms with Crippen molar-refractivity contribution in [3.05, 3.63) is 126 Å². The highest BCUT2D eigenvalue weighted by Gasteiger charge is 2.28. The molecule has 0 unspecified atom stereocenters. The average Bonchev–Trinajstić information content (AvgIpc) is 3.32. The molecule has 0 saturated carbocycles. The molecule has 6 rings (SSSR count). The van der Waals surface area contributed by atoms with Crippen LogP contribution in [0.5, 0.6) is 0 Å². The normalized spacial score (nSPS) is 10.8. The fourth-order valence-corrected chi connectivity index (χ4v) is 4.65. The monoisotopic (exact) mass is 493 g/mol. The van der Waals surface area contributed by atoms with Gasteiger partial charge in [-0.2, -0.15) is 0 Å². The lowest BCUT2D eigenvalue weighted by Crippen LogP contribution is -2.09. The van der Waals surface area contributed by atoms with Crippen molar-refractivity contribution in [2.45, 2.75) is 6.92 Å². The fraction of sp³-hybridized carbons (Fsp3) is 0.0606. The van der Waals surface area contributed by atoms with Gasteiger partial charge in [0.15, 0.2) is 0 Å². The van der Waals surface area contributed by atoms with E-state index in [1.165, 1.54) is 0 Å². The molecule has 6 aromatic rings. The zero-order valence-corrected chi connectivity index (χ0v) is 20.8. The minimum Gasteiger partial charge on any atom is -0.461 e. The lowest BCUT2D eigenvalue weighted by atomic mass is 9.97. The summed E-state index contributed by atoms with van der Waals surface area (Å²) in [6.07, 6.45) is 1.88. The Morgan fingerprint density at radius 2 is 1.42 bits per heavy atom. The Labute approximate surface area is 220 Å². The second kappa shape index (κ2) is 10.0. The molecule has 3 heterocycles. The largest absolute Gasteiger partial charge is 0.461 e. The van der Waals surface area contributed by atoms with Crippen molar-refractivity contribution in [3.63, 3.8) is 0 Å². The average molecular weight is 494 g/mol. The molecule has 5 heteroatoms. The van der Waals surface area contributed by atoms with Crippen LogP contribution in [-0.2, 0) is 4.74 Å².